The summed E-state index contributed by atoms with van der Waals surface area (Å²) in [5.74, 6) is 1.02. The van der Waals surface area contributed by atoms with Gasteiger partial charge in [-0.25, -0.2) is 0 Å². The summed E-state index contributed by atoms with van der Waals surface area (Å²) in [5, 5.41) is 3.14. The van der Waals surface area contributed by atoms with Gasteiger partial charge in [0.2, 0.25) is 5.91 Å². The topological polar surface area (TPSA) is 44.8 Å². The van der Waals surface area contributed by atoms with Crippen LogP contribution in [0.15, 0.2) is 42.5 Å². The van der Waals surface area contributed by atoms with Gasteiger partial charge in [-0.05, 0) is 56.5 Å². The minimum atomic E-state index is 0.0150. The second-order valence-electron chi connectivity index (χ2n) is 7.80. The summed E-state index contributed by atoms with van der Waals surface area (Å²) in [4.78, 5) is 17.1. The first-order valence-electron chi connectivity index (χ1n) is 10.5. The van der Waals surface area contributed by atoms with Gasteiger partial charge in [0.05, 0.1) is 24.9 Å². The molecule has 1 aliphatic rings. The van der Waals surface area contributed by atoms with Crippen molar-refractivity contribution in [3.8, 4) is 5.75 Å². The molecule has 1 heterocycles. The Kier molecular flexibility index (Phi) is 7.15. The number of rotatable bonds is 7. The first-order chi connectivity index (χ1) is 14.0. The predicted molar refractivity (Wildman–Crippen MR) is 119 cm³/mol. The van der Waals surface area contributed by atoms with Crippen LogP contribution in [0.3, 0.4) is 0 Å². The molecule has 0 aromatic heterocycles. The Balaban J connectivity index is 1.50. The number of aryl methyl sites for hydroxylation is 2. The van der Waals surface area contributed by atoms with Gasteiger partial charge in [0.15, 0.2) is 0 Å². The number of amides is 1. The minimum Gasteiger partial charge on any atom is -0.492 e. The Labute approximate surface area is 174 Å². The SMILES string of the molecule is CCOc1ccccc1N1CCN(CC(=O)N[C@H](C)c2ccc(C)c(C)c2)CC1. The van der Waals surface area contributed by atoms with Crippen LogP contribution in [0.25, 0.3) is 0 Å². The van der Waals surface area contributed by atoms with E-state index in [4.69, 9.17) is 4.74 Å². The number of hydrogen-bond donors (Lipinski definition) is 1. The normalized spacial score (nSPS) is 15.8. The highest BCUT2D eigenvalue weighted by atomic mass is 16.5. The molecule has 1 saturated heterocycles. The molecule has 1 amide bonds. The van der Waals surface area contributed by atoms with Crippen molar-refractivity contribution < 1.29 is 9.53 Å². The summed E-state index contributed by atoms with van der Waals surface area (Å²) in [6, 6.07) is 14.6. The number of hydrogen-bond acceptors (Lipinski definition) is 4. The first-order valence-corrected chi connectivity index (χ1v) is 10.5. The van der Waals surface area contributed by atoms with Crippen molar-refractivity contribution in [1.82, 2.24) is 10.2 Å². The van der Waals surface area contributed by atoms with Crippen LogP contribution in [0.1, 0.15) is 36.6 Å². The number of nitrogens with zero attached hydrogens (tertiary/aromatic N) is 2. The molecule has 0 aliphatic carbocycles. The number of para-hydroxylation sites is 2. The molecule has 29 heavy (non-hydrogen) atoms. The van der Waals surface area contributed by atoms with Crippen LogP contribution in [0.5, 0.6) is 5.75 Å². The van der Waals surface area contributed by atoms with Gasteiger partial charge in [-0.15, -0.1) is 0 Å². The molecule has 156 valence electrons. The van der Waals surface area contributed by atoms with Gasteiger partial charge < -0.3 is 15.0 Å². The summed E-state index contributed by atoms with van der Waals surface area (Å²) >= 11 is 0. The fourth-order valence-electron chi connectivity index (χ4n) is 3.75. The summed E-state index contributed by atoms with van der Waals surface area (Å²) < 4.78 is 5.76. The van der Waals surface area contributed by atoms with Gasteiger partial charge in [-0.2, -0.15) is 0 Å². The molecule has 0 spiro atoms. The Morgan fingerprint density at radius 1 is 1.07 bits per heavy atom. The maximum atomic E-state index is 12.6. The van der Waals surface area contributed by atoms with Gasteiger partial charge in [-0.1, -0.05) is 30.3 Å². The standard InChI is InChI=1S/C24H33N3O2/c1-5-29-23-9-7-6-8-22(23)27-14-12-26(13-15-27)17-24(28)25-20(4)21-11-10-18(2)19(3)16-21/h6-11,16,20H,5,12-15,17H2,1-4H3,(H,25,28)/t20-/m1/s1. The van der Waals surface area contributed by atoms with Crippen LogP contribution in [-0.4, -0.2) is 50.1 Å². The molecule has 3 rings (SSSR count). The van der Waals surface area contributed by atoms with Crippen LogP contribution in [0.4, 0.5) is 5.69 Å². The van der Waals surface area contributed by atoms with Crippen LogP contribution in [-0.2, 0) is 4.79 Å². The molecule has 0 bridgehead atoms. The molecule has 1 fully saturated rings. The van der Waals surface area contributed by atoms with Gasteiger partial charge in [0, 0.05) is 26.2 Å². The van der Waals surface area contributed by atoms with Crippen LogP contribution in [0.2, 0.25) is 0 Å². The maximum Gasteiger partial charge on any atom is 0.234 e. The Bertz CT molecular complexity index is 829. The fraction of sp³-hybridized carbons (Fsp3) is 0.458. The fourth-order valence-corrected chi connectivity index (χ4v) is 3.75. The van der Waals surface area contributed by atoms with Gasteiger partial charge in [0.1, 0.15) is 5.75 Å². The Morgan fingerprint density at radius 2 is 1.79 bits per heavy atom. The molecule has 2 aromatic rings. The smallest absolute Gasteiger partial charge is 0.234 e. The van der Waals surface area contributed by atoms with E-state index in [0.717, 1.165) is 43.2 Å². The van der Waals surface area contributed by atoms with Crippen molar-refractivity contribution in [2.75, 3.05) is 44.2 Å². The molecule has 1 atom stereocenters. The number of benzene rings is 2. The van der Waals surface area contributed by atoms with E-state index in [9.17, 15) is 4.79 Å². The average molecular weight is 396 g/mol. The molecule has 0 saturated carbocycles. The van der Waals surface area contributed by atoms with E-state index in [0.29, 0.717) is 13.2 Å². The zero-order chi connectivity index (χ0) is 20.8. The lowest BCUT2D eigenvalue weighted by atomic mass is 10.0. The number of nitrogens with one attached hydrogen (secondary N) is 1. The monoisotopic (exact) mass is 395 g/mol. The van der Waals surface area contributed by atoms with E-state index >= 15 is 0 Å². The quantitative estimate of drug-likeness (QED) is 0.776. The van der Waals surface area contributed by atoms with E-state index in [1.807, 2.05) is 32.0 Å². The summed E-state index contributed by atoms with van der Waals surface area (Å²) in [6.45, 7) is 12.9. The molecular weight excluding hydrogens is 362 g/mol. The maximum absolute atomic E-state index is 12.6. The zero-order valence-corrected chi connectivity index (χ0v) is 18.1. The van der Waals surface area contributed by atoms with Crippen LogP contribution < -0.4 is 15.0 Å². The summed E-state index contributed by atoms with van der Waals surface area (Å²) in [6.07, 6.45) is 0. The van der Waals surface area contributed by atoms with Gasteiger partial charge in [0.25, 0.3) is 0 Å². The van der Waals surface area contributed by atoms with E-state index in [1.54, 1.807) is 0 Å². The second-order valence-corrected chi connectivity index (χ2v) is 7.80. The highest BCUT2D eigenvalue weighted by Crippen LogP contribution is 2.28. The molecule has 2 aromatic carbocycles. The largest absolute Gasteiger partial charge is 0.492 e. The van der Waals surface area contributed by atoms with Crippen molar-refractivity contribution in [2.45, 2.75) is 33.7 Å². The lowest BCUT2D eigenvalue weighted by molar-refractivity contribution is -0.123. The first kappa shape index (κ1) is 21.2. The Hall–Kier alpha value is -2.53. The molecule has 5 nitrogen and oxygen atoms in total. The zero-order valence-electron chi connectivity index (χ0n) is 18.1. The third-order valence-corrected chi connectivity index (χ3v) is 5.65. The number of anilines is 1. The number of piperazine rings is 1. The molecule has 0 radical (unpaired) electrons. The lowest BCUT2D eigenvalue weighted by Crippen LogP contribution is -2.49. The Morgan fingerprint density at radius 3 is 2.48 bits per heavy atom. The van der Waals surface area contributed by atoms with E-state index < -0.39 is 0 Å². The molecular formula is C24H33N3O2. The van der Waals surface area contributed by atoms with Crippen molar-refractivity contribution >= 4 is 11.6 Å². The van der Waals surface area contributed by atoms with E-state index in [2.05, 4.69) is 53.2 Å². The van der Waals surface area contributed by atoms with E-state index in [-0.39, 0.29) is 11.9 Å². The highest BCUT2D eigenvalue weighted by Gasteiger charge is 2.21. The van der Waals surface area contributed by atoms with Crippen molar-refractivity contribution in [2.24, 2.45) is 0 Å². The summed E-state index contributed by atoms with van der Waals surface area (Å²) in [5.41, 5.74) is 4.82. The third kappa shape index (κ3) is 5.51. The molecule has 1 aliphatic heterocycles. The minimum absolute atomic E-state index is 0.0150. The van der Waals surface area contributed by atoms with Crippen molar-refractivity contribution in [3.05, 3.63) is 59.2 Å². The number of ether oxygens (including phenoxy) is 1. The second kappa shape index (κ2) is 9.79. The number of carbonyl (C=O) groups excluding carboxylic acids is 1. The van der Waals surface area contributed by atoms with E-state index in [1.165, 1.54) is 11.1 Å². The highest BCUT2D eigenvalue weighted by molar-refractivity contribution is 5.78. The van der Waals surface area contributed by atoms with Crippen LogP contribution in [0, 0.1) is 13.8 Å². The van der Waals surface area contributed by atoms with Gasteiger partial charge in [-0.3, -0.25) is 9.69 Å². The molecule has 0 unspecified atom stereocenters. The molecule has 5 heteroatoms. The summed E-state index contributed by atoms with van der Waals surface area (Å²) in [7, 11) is 0. The number of carbonyl (C=O) groups is 1. The van der Waals surface area contributed by atoms with Crippen LogP contribution >= 0.6 is 0 Å². The lowest BCUT2D eigenvalue weighted by Gasteiger charge is -2.36. The third-order valence-electron chi connectivity index (χ3n) is 5.65. The van der Waals surface area contributed by atoms with Crippen molar-refractivity contribution in [1.29, 1.82) is 0 Å². The predicted octanol–water partition coefficient (Wildman–Crippen LogP) is 3.70. The van der Waals surface area contributed by atoms with Crippen molar-refractivity contribution in [3.63, 3.8) is 0 Å². The average Bonchev–Trinajstić information content (AvgIpc) is 2.71. The van der Waals surface area contributed by atoms with Gasteiger partial charge >= 0.3 is 0 Å². The molecule has 1 N–H and O–H groups in total.